The summed E-state index contributed by atoms with van der Waals surface area (Å²) in [7, 11) is 0. The van der Waals surface area contributed by atoms with Crippen molar-refractivity contribution in [2.75, 3.05) is 5.73 Å². The molecule has 1 aliphatic rings. The molecule has 0 saturated heterocycles. The smallest absolute Gasteiger partial charge is 0.263 e. The third-order valence-corrected chi connectivity index (χ3v) is 2.48. The Balaban J connectivity index is 2.67. The monoisotopic (exact) mass is 219 g/mol. The number of fused-ring (bicyclic) bond motifs is 1. The Labute approximate surface area is 92.6 Å². The number of nitrogens with two attached hydrogens (primary N) is 1. The molecule has 0 spiro atoms. The van der Waals surface area contributed by atoms with Gasteiger partial charge in [-0.3, -0.25) is 9.59 Å². The van der Waals surface area contributed by atoms with Gasteiger partial charge in [0, 0.05) is 11.6 Å². The van der Waals surface area contributed by atoms with Crippen LogP contribution in [0.4, 0.5) is 5.82 Å². The van der Waals surface area contributed by atoms with Crippen molar-refractivity contribution in [2.45, 2.75) is 20.8 Å². The van der Waals surface area contributed by atoms with Crippen molar-refractivity contribution in [2.24, 2.45) is 5.41 Å². The van der Waals surface area contributed by atoms with Crippen LogP contribution in [0.15, 0.2) is 16.4 Å². The van der Waals surface area contributed by atoms with Gasteiger partial charge in [-0.25, -0.2) is 9.55 Å². The minimum Gasteiger partial charge on any atom is -0.383 e. The molecular formula is C11H13N3O2. The van der Waals surface area contributed by atoms with E-state index in [1.165, 1.54) is 0 Å². The molecule has 16 heavy (non-hydrogen) atoms. The van der Waals surface area contributed by atoms with E-state index in [0.717, 1.165) is 10.6 Å². The summed E-state index contributed by atoms with van der Waals surface area (Å²) >= 11 is 0. The Morgan fingerprint density at radius 1 is 1.31 bits per heavy atom. The van der Waals surface area contributed by atoms with Gasteiger partial charge in [0.05, 0.1) is 0 Å². The van der Waals surface area contributed by atoms with E-state index in [0.29, 0.717) is 11.4 Å². The lowest BCUT2D eigenvalue weighted by atomic mass is 9.86. The summed E-state index contributed by atoms with van der Waals surface area (Å²) in [6, 6.07) is 1.15. The molecule has 2 rings (SSSR count). The molecule has 0 atom stereocenters. The molecule has 5 nitrogen and oxygen atoms in total. The zero-order valence-corrected chi connectivity index (χ0v) is 9.44. The van der Waals surface area contributed by atoms with Gasteiger partial charge in [0.15, 0.2) is 0 Å². The summed E-state index contributed by atoms with van der Waals surface area (Å²) in [4.78, 5) is 27.6. The normalized spacial score (nSPS) is 14.9. The number of hydrogen-bond acceptors (Lipinski definition) is 4. The van der Waals surface area contributed by atoms with E-state index in [-0.39, 0.29) is 17.1 Å². The minimum atomic E-state index is -0.428. The van der Waals surface area contributed by atoms with Gasteiger partial charge in [-0.05, 0) is 11.5 Å². The maximum Gasteiger partial charge on any atom is 0.263 e. The van der Waals surface area contributed by atoms with Crippen molar-refractivity contribution in [1.82, 2.24) is 9.55 Å². The zero-order valence-electron chi connectivity index (χ0n) is 9.44. The summed E-state index contributed by atoms with van der Waals surface area (Å²) in [5.74, 6) is 0.149. The van der Waals surface area contributed by atoms with Gasteiger partial charge in [-0.1, -0.05) is 20.8 Å². The lowest BCUT2D eigenvalue weighted by Gasteiger charge is -2.18. The maximum absolute atomic E-state index is 12.0. The third kappa shape index (κ3) is 1.44. The number of nitrogen functional groups attached to an aromatic ring is 1. The zero-order chi connectivity index (χ0) is 12.1. The van der Waals surface area contributed by atoms with Gasteiger partial charge in [-0.2, -0.15) is 0 Å². The highest BCUT2D eigenvalue weighted by atomic mass is 16.2. The van der Waals surface area contributed by atoms with E-state index in [9.17, 15) is 9.59 Å². The molecule has 1 aromatic rings. The van der Waals surface area contributed by atoms with Crippen molar-refractivity contribution >= 4 is 17.8 Å². The van der Waals surface area contributed by atoms with Gasteiger partial charge in [0.25, 0.3) is 11.5 Å². The van der Waals surface area contributed by atoms with Gasteiger partial charge in [-0.15, -0.1) is 0 Å². The Hall–Kier alpha value is -1.91. The highest BCUT2D eigenvalue weighted by molar-refractivity contribution is 6.05. The quantitative estimate of drug-likeness (QED) is 0.703. The number of anilines is 1. The second kappa shape index (κ2) is 3.04. The van der Waals surface area contributed by atoms with Gasteiger partial charge in [0.2, 0.25) is 0 Å². The number of carbonyl (C=O) groups excluding carboxylic acids is 1. The molecule has 0 aliphatic carbocycles. The molecule has 0 amide bonds. The van der Waals surface area contributed by atoms with E-state index in [1.807, 2.05) is 20.8 Å². The van der Waals surface area contributed by atoms with Gasteiger partial charge < -0.3 is 5.73 Å². The first-order valence-corrected chi connectivity index (χ1v) is 4.97. The van der Waals surface area contributed by atoms with Crippen molar-refractivity contribution < 1.29 is 4.79 Å². The lowest BCUT2D eigenvalue weighted by Crippen LogP contribution is -2.29. The summed E-state index contributed by atoms with van der Waals surface area (Å²) in [6.45, 7) is 5.74. The van der Waals surface area contributed by atoms with Crippen LogP contribution in [0.5, 0.6) is 0 Å². The molecule has 0 aromatic carbocycles. The summed E-state index contributed by atoms with van der Waals surface area (Å²) in [5, 5.41) is 0. The Bertz CT molecular complexity index is 562. The van der Waals surface area contributed by atoms with Crippen molar-refractivity contribution in [1.29, 1.82) is 0 Å². The Kier molecular flexibility index (Phi) is 2.01. The lowest BCUT2D eigenvalue weighted by molar-refractivity contribution is 0.0936. The highest BCUT2D eigenvalue weighted by Gasteiger charge is 2.32. The molecule has 5 heteroatoms. The van der Waals surface area contributed by atoms with E-state index in [2.05, 4.69) is 4.98 Å². The van der Waals surface area contributed by atoms with Crippen molar-refractivity contribution in [3.63, 3.8) is 0 Å². The molecule has 0 unspecified atom stereocenters. The second-order valence-corrected chi connectivity index (χ2v) is 4.83. The van der Waals surface area contributed by atoms with Crippen LogP contribution >= 0.6 is 0 Å². The number of aromatic nitrogens is 2. The first kappa shape index (κ1) is 10.6. The van der Waals surface area contributed by atoms with Crippen LogP contribution < -0.4 is 11.3 Å². The number of hydrogen-bond donors (Lipinski definition) is 1. The highest BCUT2D eigenvalue weighted by Crippen LogP contribution is 2.31. The van der Waals surface area contributed by atoms with Gasteiger partial charge >= 0.3 is 0 Å². The molecule has 2 heterocycles. The fourth-order valence-corrected chi connectivity index (χ4v) is 1.67. The summed E-state index contributed by atoms with van der Waals surface area (Å²) in [6.07, 6.45) is 1.63. The molecule has 1 aliphatic heterocycles. The largest absolute Gasteiger partial charge is 0.383 e. The topological polar surface area (TPSA) is 78.0 Å². The summed E-state index contributed by atoms with van der Waals surface area (Å²) in [5.41, 5.74) is 5.30. The number of nitrogens with zero attached hydrogens (tertiary/aromatic N) is 2. The molecule has 0 bridgehead atoms. The molecule has 0 radical (unpaired) electrons. The molecule has 0 fully saturated rings. The van der Waals surface area contributed by atoms with Crippen LogP contribution in [0, 0.1) is 5.41 Å². The van der Waals surface area contributed by atoms with Crippen molar-refractivity contribution in [3.8, 4) is 0 Å². The minimum absolute atomic E-state index is 0.135. The summed E-state index contributed by atoms with van der Waals surface area (Å²) < 4.78 is 1.05. The fraction of sp³-hybridized carbons (Fsp3) is 0.364. The van der Waals surface area contributed by atoms with Crippen LogP contribution in [-0.4, -0.2) is 15.5 Å². The predicted octanol–water partition coefficient (Wildman–Crippen LogP) is 0.909. The molecule has 1 aromatic heterocycles. The van der Waals surface area contributed by atoms with Crippen LogP contribution in [-0.2, 0) is 0 Å². The van der Waals surface area contributed by atoms with Crippen LogP contribution in [0.1, 0.15) is 31.4 Å². The average Bonchev–Trinajstić information content (AvgIpc) is 2.41. The Morgan fingerprint density at radius 2 is 1.94 bits per heavy atom. The Morgan fingerprint density at radius 3 is 2.50 bits per heavy atom. The van der Waals surface area contributed by atoms with Gasteiger partial charge in [0.1, 0.15) is 11.6 Å². The molecular weight excluding hydrogens is 206 g/mol. The number of rotatable bonds is 0. The van der Waals surface area contributed by atoms with Crippen LogP contribution in [0.25, 0.3) is 6.08 Å². The molecule has 84 valence electrons. The van der Waals surface area contributed by atoms with E-state index in [4.69, 9.17) is 5.73 Å². The first-order chi connectivity index (χ1) is 7.30. The van der Waals surface area contributed by atoms with E-state index >= 15 is 0 Å². The fourth-order valence-electron chi connectivity index (χ4n) is 1.67. The van der Waals surface area contributed by atoms with E-state index < -0.39 is 5.56 Å². The first-order valence-electron chi connectivity index (χ1n) is 4.97. The number of allylic oxidation sites excluding steroid dienone is 1. The van der Waals surface area contributed by atoms with Crippen LogP contribution in [0.2, 0.25) is 0 Å². The second-order valence-electron chi connectivity index (χ2n) is 4.83. The standard InChI is InChI=1S/C11H13N3O2/c1-11(2,3)6-4-8-13-7(12)5-9(15)14(8)10(6)16/h4-5H,12H2,1-3H3. The average molecular weight is 219 g/mol. The molecule has 0 saturated carbocycles. The predicted molar refractivity (Wildman–Crippen MR) is 61.0 cm³/mol. The third-order valence-electron chi connectivity index (χ3n) is 2.48. The molecule has 2 N–H and O–H groups in total. The maximum atomic E-state index is 12.0. The number of carbonyl (C=O) groups is 1. The van der Waals surface area contributed by atoms with E-state index in [1.54, 1.807) is 6.08 Å². The van der Waals surface area contributed by atoms with Crippen LogP contribution in [0.3, 0.4) is 0 Å². The van der Waals surface area contributed by atoms with Crippen molar-refractivity contribution in [3.05, 3.63) is 27.8 Å². The SMILES string of the molecule is CC(C)(C)C1=Cc2nc(N)cc(=O)n2C1=O.